The molecular formula is C46H51F2N5O6. The molecule has 2 unspecified atom stereocenters. The molecule has 310 valence electrons. The molecule has 0 spiro atoms. The first-order valence-electron chi connectivity index (χ1n) is 20.6. The van der Waals surface area contributed by atoms with E-state index in [2.05, 4.69) is 26.1 Å². The molecule has 11 nitrogen and oxygen atoms in total. The minimum atomic E-state index is -0.326. The lowest BCUT2D eigenvalue weighted by Crippen LogP contribution is -2.49. The third-order valence-electron chi connectivity index (χ3n) is 12.4. The van der Waals surface area contributed by atoms with Crippen molar-refractivity contribution < 1.29 is 37.7 Å². The van der Waals surface area contributed by atoms with Crippen LogP contribution >= 0.6 is 0 Å². The first-order valence-corrected chi connectivity index (χ1v) is 20.6. The summed E-state index contributed by atoms with van der Waals surface area (Å²) in [6.07, 6.45) is 3.69. The van der Waals surface area contributed by atoms with Crippen LogP contribution in [0.1, 0.15) is 76.6 Å². The Kier molecular flexibility index (Phi) is 11.7. The number of nitrogens with one attached hydrogen (secondary N) is 1. The molecule has 5 heterocycles. The van der Waals surface area contributed by atoms with Gasteiger partial charge in [-0.3, -0.25) is 24.6 Å². The topological polar surface area (TPSA) is 115 Å². The lowest BCUT2D eigenvalue weighted by atomic mass is 9.75. The van der Waals surface area contributed by atoms with E-state index >= 15 is 8.78 Å². The fourth-order valence-electron chi connectivity index (χ4n) is 9.24. The molecule has 3 amide bonds. The van der Waals surface area contributed by atoms with Gasteiger partial charge in [0, 0.05) is 101 Å². The van der Waals surface area contributed by atoms with Crippen LogP contribution in [0.5, 0.6) is 17.2 Å². The number of imide groups is 1. The number of methoxy groups -OCH3 is 1. The molecule has 0 saturated carbocycles. The van der Waals surface area contributed by atoms with E-state index in [0.29, 0.717) is 61.0 Å². The Hall–Kier alpha value is -5.69. The molecule has 13 heteroatoms. The number of hydrogen-bond acceptors (Lipinski definition) is 9. The first-order chi connectivity index (χ1) is 28.5. The van der Waals surface area contributed by atoms with Crippen molar-refractivity contribution in [3.8, 4) is 17.2 Å². The molecule has 0 bridgehead atoms. The van der Waals surface area contributed by atoms with Gasteiger partial charge in [-0.15, -0.1) is 0 Å². The fourth-order valence-corrected chi connectivity index (χ4v) is 9.24. The lowest BCUT2D eigenvalue weighted by molar-refractivity contribution is -0.132. The van der Waals surface area contributed by atoms with Gasteiger partial charge in [-0.1, -0.05) is 24.3 Å². The van der Waals surface area contributed by atoms with E-state index in [1.54, 1.807) is 37.3 Å². The zero-order valence-corrected chi connectivity index (χ0v) is 33.6. The summed E-state index contributed by atoms with van der Waals surface area (Å²) in [7, 11) is 3.39. The number of nitrogens with zero attached hydrogens (tertiary/aromatic N) is 4. The van der Waals surface area contributed by atoms with E-state index in [4.69, 9.17) is 9.47 Å². The zero-order chi connectivity index (χ0) is 41.2. The standard InChI is InChI=1S/C41H44F2N4O4.C5H7NO2/c1-44-24-29-20-38(36(43)22-33(29)41(44)49)47-16-14-45(15-17-47)23-26-10-12-46(13-11-26)37-9-6-28(19-35(37)42)40-32-8-7-30(48)21-39(32)51-25-34(40)27-4-3-5-31(18-27)50-2;7-4-2-1-3-5(8)6-4/h3-9,18-22,26,34,40,48H,10-17,23-25H2,1-2H3;1-3H2,(H,6,7,8). The summed E-state index contributed by atoms with van der Waals surface area (Å²) in [5, 5.41) is 12.3. The molecule has 0 radical (unpaired) electrons. The third kappa shape index (κ3) is 8.71. The number of carbonyl (C=O) groups is 3. The lowest BCUT2D eigenvalue weighted by Gasteiger charge is -2.40. The van der Waals surface area contributed by atoms with E-state index in [0.717, 1.165) is 86.7 Å². The van der Waals surface area contributed by atoms with Crippen molar-refractivity contribution in [2.75, 3.05) is 76.4 Å². The predicted molar refractivity (Wildman–Crippen MR) is 220 cm³/mol. The summed E-state index contributed by atoms with van der Waals surface area (Å²) in [6, 6.07) is 22.0. The number of phenolic OH excluding ortho intramolecular Hbond substituents is 1. The number of ether oxygens (including phenoxy) is 2. The second-order valence-electron chi connectivity index (χ2n) is 16.3. The smallest absolute Gasteiger partial charge is 0.254 e. The maximum absolute atomic E-state index is 16.1. The second-order valence-corrected chi connectivity index (χ2v) is 16.3. The van der Waals surface area contributed by atoms with Gasteiger partial charge in [0.15, 0.2) is 0 Å². The van der Waals surface area contributed by atoms with Crippen LogP contribution in [0.2, 0.25) is 0 Å². The molecule has 5 aliphatic heterocycles. The Labute approximate surface area is 343 Å². The van der Waals surface area contributed by atoms with Crippen LogP contribution in [-0.4, -0.2) is 99.2 Å². The highest BCUT2D eigenvalue weighted by atomic mass is 19.1. The summed E-state index contributed by atoms with van der Waals surface area (Å²) in [6.45, 7) is 6.69. The van der Waals surface area contributed by atoms with Crippen LogP contribution in [-0.2, 0) is 16.1 Å². The number of rotatable bonds is 7. The largest absolute Gasteiger partial charge is 0.508 e. The Morgan fingerprint density at radius 3 is 2.24 bits per heavy atom. The highest BCUT2D eigenvalue weighted by Gasteiger charge is 2.35. The Morgan fingerprint density at radius 1 is 0.814 bits per heavy atom. The summed E-state index contributed by atoms with van der Waals surface area (Å²) in [5.74, 6) is 0.852. The fraction of sp³-hybridized carbons (Fsp3) is 0.413. The van der Waals surface area contributed by atoms with Gasteiger partial charge in [0.05, 0.1) is 25.1 Å². The minimum Gasteiger partial charge on any atom is -0.508 e. The van der Waals surface area contributed by atoms with Crippen LogP contribution < -0.4 is 24.6 Å². The maximum Gasteiger partial charge on any atom is 0.254 e. The Bertz CT molecular complexity index is 2210. The van der Waals surface area contributed by atoms with Crippen molar-refractivity contribution in [1.29, 1.82) is 0 Å². The highest BCUT2D eigenvalue weighted by Crippen LogP contribution is 2.48. The van der Waals surface area contributed by atoms with Crippen LogP contribution in [0, 0.1) is 17.6 Å². The predicted octanol–water partition coefficient (Wildman–Crippen LogP) is 6.42. The van der Waals surface area contributed by atoms with Crippen LogP contribution in [0.3, 0.4) is 0 Å². The number of phenols is 1. The molecule has 4 aromatic rings. The number of benzene rings is 4. The van der Waals surface area contributed by atoms with E-state index in [9.17, 15) is 19.5 Å². The molecule has 0 aromatic heterocycles. The minimum absolute atomic E-state index is 0.0693. The molecule has 2 N–H and O–H groups in total. The van der Waals surface area contributed by atoms with Gasteiger partial charge < -0.3 is 29.3 Å². The average molecular weight is 808 g/mol. The number of amides is 3. The van der Waals surface area contributed by atoms with Crippen molar-refractivity contribution in [3.63, 3.8) is 0 Å². The zero-order valence-electron chi connectivity index (χ0n) is 33.6. The molecule has 3 saturated heterocycles. The van der Waals surface area contributed by atoms with Crippen molar-refractivity contribution >= 4 is 29.1 Å². The SMILES string of the molecule is COc1cccc(C2COc3cc(O)ccc3C2c2ccc(N3CCC(CN4CCN(c5cc6c(cc5F)C(=O)N(C)C6)CC4)CC3)c(F)c2)c1.O=C1CCCC(=O)N1. The van der Waals surface area contributed by atoms with Gasteiger partial charge in [0.1, 0.15) is 28.9 Å². The second kappa shape index (κ2) is 17.3. The number of halogens is 2. The third-order valence-corrected chi connectivity index (χ3v) is 12.4. The van der Waals surface area contributed by atoms with Crippen LogP contribution in [0.25, 0.3) is 0 Å². The molecule has 5 aliphatic rings. The molecular weight excluding hydrogens is 757 g/mol. The monoisotopic (exact) mass is 807 g/mol. The number of aromatic hydroxyl groups is 1. The quantitative estimate of drug-likeness (QED) is 0.204. The van der Waals surface area contributed by atoms with E-state index in [1.807, 2.05) is 42.5 Å². The molecule has 9 rings (SSSR count). The van der Waals surface area contributed by atoms with Gasteiger partial charge in [-0.05, 0) is 84.3 Å². The van der Waals surface area contributed by atoms with E-state index < -0.39 is 0 Å². The number of hydrogen-bond donors (Lipinski definition) is 2. The first kappa shape index (κ1) is 40.1. The van der Waals surface area contributed by atoms with Crippen molar-refractivity contribution in [3.05, 3.63) is 112 Å². The van der Waals surface area contributed by atoms with Gasteiger partial charge in [0.25, 0.3) is 5.91 Å². The summed E-state index contributed by atoms with van der Waals surface area (Å²) < 4.78 is 42.7. The van der Waals surface area contributed by atoms with Gasteiger partial charge in [-0.2, -0.15) is 0 Å². The number of carbonyl (C=O) groups excluding carboxylic acids is 3. The number of anilines is 2. The van der Waals surface area contributed by atoms with Gasteiger partial charge >= 0.3 is 0 Å². The maximum atomic E-state index is 16.1. The van der Waals surface area contributed by atoms with Crippen molar-refractivity contribution in [1.82, 2.24) is 15.1 Å². The average Bonchev–Trinajstić information content (AvgIpc) is 3.51. The Balaban J connectivity index is 0.000000543. The van der Waals surface area contributed by atoms with E-state index in [1.165, 1.54) is 6.07 Å². The summed E-state index contributed by atoms with van der Waals surface area (Å²) in [4.78, 5) is 41.3. The molecule has 3 fully saturated rings. The Morgan fingerprint density at radius 2 is 1.54 bits per heavy atom. The van der Waals surface area contributed by atoms with Gasteiger partial charge in [-0.25, -0.2) is 8.78 Å². The number of piperazine rings is 1. The van der Waals surface area contributed by atoms with Crippen molar-refractivity contribution in [2.24, 2.45) is 5.92 Å². The highest BCUT2D eigenvalue weighted by molar-refractivity contribution is 5.99. The molecule has 4 aromatic carbocycles. The normalized spacial score (nSPS) is 20.9. The van der Waals surface area contributed by atoms with Gasteiger partial charge in [0.2, 0.25) is 11.8 Å². The molecule has 2 atom stereocenters. The molecule has 0 aliphatic carbocycles. The summed E-state index contributed by atoms with van der Waals surface area (Å²) >= 11 is 0. The van der Waals surface area contributed by atoms with E-state index in [-0.39, 0.29) is 46.9 Å². The molecule has 59 heavy (non-hydrogen) atoms. The summed E-state index contributed by atoms with van der Waals surface area (Å²) in [5.41, 5.74) is 5.43. The van der Waals surface area contributed by atoms with Crippen LogP contribution in [0.4, 0.5) is 20.2 Å². The number of piperidine rings is 2. The van der Waals surface area contributed by atoms with Crippen molar-refractivity contribution in [2.45, 2.75) is 50.5 Å². The van der Waals surface area contributed by atoms with Crippen LogP contribution in [0.15, 0.2) is 72.8 Å². The number of fused-ring (bicyclic) bond motifs is 2.